The van der Waals surface area contributed by atoms with Crippen LogP contribution in [0.2, 0.25) is 0 Å². The summed E-state index contributed by atoms with van der Waals surface area (Å²) in [5, 5.41) is 3.27. The van der Waals surface area contributed by atoms with E-state index >= 15 is 0 Å². The van der Waals surface area contributed by atoms with Crippen LogP contribution in [-0.4, -0.2) is 50.3 Å². The lowest BCUT2D eigenvalue weighted by Crippen LogP contribution is -2.50. The monoisotopic (exact) mass is 393 g/mol. The van der Waals surface area contributed by atoms with Gasteiger partial charge in [0, 0.05) is 37.9 Å². The van der Waals surface area contributed by atoms with E-state index in [4.69, 9.17) is 4.74 Å². The molecule has 2 saturated heterocycles. The molecular weight excluding hydrogens is 362 g/mol. The molecule has 2 amide bonds. The molecule has 4 rings (SSSR count). The van der Waals surface area contributed by atoms with Crippen LogP contribution >= 0.6 is 0 Å². The highest BCUT2D eigenvalue weighted by atomic mass is 16.5. The van der Waals surface area contributed by atoms with Crippen LogP contribution in [0.3, 0.4) is 0 Å². The van der Waals surface area contributed by atoms with Crippen molar-refractivity contribution in [2.75, 3.05) is 38.2 Å². The highest BCUT2D eigenvalue weighted by molar-refractivity contribution is 5.74. The summed E-state index contributed by atoms with van der Waals surface area (Å²) in [6, 6.07) is 19.3. The van der Waals surface area contributed by atoms with Crippen LogP contribution in [0.4, 0.5) is 10.5 Å². The first kappa shape index (κ1) is 19.6. The third kappa shape index (κ3) is 4.84. The molecule has 2 aromatic rings. The van der Waals surface area contributed by atoms with Crippen LogP contribution in [0.5, 0.6) is 5.75 Å². The Kier molecular flexibility index (Phi) is 6.23. The van der Waals surface area contributed by atoms with E-state index in [1.54, 1.807) is 7.11 Å². The van der Waals surface area contributed by atoms with Crippen LogP contribution < -0.4 is 15.0 Å². The number of methoxy groups -OCH3 is 1. The van der Waals surface area contributed by atoms with Crippen molar-refractivity contribution in [2.24, 2.45) is 0 Å². The fourth-order valence-corrected chi connectivity index (χ4v) is 4.48. The van der Waals surface area contributed by atoms with Gasteiger partial charge in [-0.1, -0.05) is 30.3 Å². The Labute approximate surface area is 173 Å². The maximum atomic E-state index is 12.7. The number of piperidine rings is 2. The topological polar surface area (TPSA) is 44.8 Å². The minimum atomic E-state index is 0.111. The number of amides is 2. The second-order valence-corrected chi connectivity index (χ2v) is 8.08. The van der Waals surface area contributed by atoms with E-state index in [-0.39, 0.29) is 12.1 Å². The predicted molar refractivity (Wildman–Crippen MR) is 117 cm³/mol. The molecule has 2 aliphatic heterocycles. The maximum absolute atomic E-state index is 12.7. The van der Waals surface area contributed by atoms with Gasteiger partial charge in [-0.05, 0) is 61.4 Å². The first-order valence-corrected chi connectivity index (χ1v) is 10.7. The van der Waals surface area contributed by atoms with E-state index in [0.29, 0.717) is 5.92 Å². The molecule has 1 N–H and O–H groups in total. The fraction of sp³-hybridized carbons (Fsp3) is 0.458. The van der Waals surface area contributed by atoms with Crippen LogP contribution in [-0.2, 0) is 0 Å². The molecular formula is C24H31N3O2. The predicted octanol–water partition coefficient (Wildman–Crippen LogP) is 4.25. The number of hydrogen-bond acceptors (Lipinski definition) is 3. The van der Waals surface area contributed by atoms with Gasteiger partial charge in [0.15, 0.2) is 0 Å². The molecule has 0 unspecified atom stereocenters. The molecule has 0 saturated carbocycles. The molecule has 0 radical (unpaired) electrons. The van der Waals surface area contributed by atoms with E-state index in [0.717, 1.165) is 57.6 Å². The van der Waals surface area contributed by atoms with Gasteiger partial charge in [-0.15, -0.1) is 0 Å². The minimum absolute atomic E-state index is 0.111. The molecule has 5 heteroatoms. The average molecular weight is 394 g/mol. The molecule has 0 spiro atoms. The third-order valence-electron chi connectivity index (χ3n) is 6.31. The smallest absolute Gasteiger partial charge is 0.317 e. The number of benzene rings is 2. The number of carbonyl (C=O) groups is 1. The number of ether oxygens (including phenoxy) is 1. The summed E-state index contributed by atoms with van der Waals surface area (Å²) in [6.07, 6.45) is 4.07. The first-order valence-electron chi connectivity index (χ1n) is 10.7. The molecule has 2 aliphatic rings. The Bertz CT molecular complexity index is 778. The average Bonchev–Trinajstić information content (AvgIpc) is 2.80. The maximum Gasteiger partial charge on any atom is 0.317 e. The van der Waals surface area contributed by atoms with Crippen molar-refractivity contribution in [3.8, 4) is 5.75 Å². The zero-order valence-corrected chi connectivity index (χ0v) is 17.2. The summed E-state index contributed by atoms with van der Waals surface area (Å²) in [7, 11) is 1.69. The van der Waals surface area contributed by atoms with Crippen LogP contribution in [0.15, 0.2) is 54.6 Å². The van der Waals surface area contributed by atoms with Crippen molar-refractivity contribution in [2.45, 2.75) is 37.6 Å². The van der Waals surface area contributed by atoms with E-state index in [9.17, 15) is 4.79 Å². The van der Waals surface area contributed by atoms with Gasteiger partial charge in [-0.25, -0.2) is 4.79 Å². The molecule has 2 aromatic carbocycles. The number of urea groups is 1. The molecule has 29 heavy (non-hydrogen) atoms. The summed E-state index contributed by atoms with van der Waals surface area (Å²) >= 11 is 0. The molecule has 5 nitrogen and oxygen atoms in total. The Morgan fingerprint density at radius 2 is 1.55 bits per heavy atom. The number of rotatable bonds is 4. The van der Waals surface area contributed by atoms with E-state index < -0.39 is 0 Å². The first-order chi connectivity index (χ1) is 14.2. The fourth-order valence-electron chi connectivity index (χ4n) is 4.48. The third-order valence-corrected chi connectivity index (χ3v) is 6.31. The number of anilines is 1. The lowest BCUT2D eigenvalue weighted by molar-refractivity contribution is 0.175. The number of carbonyl (C=O) groups excluding carboxylic acids is 1. The molecule has 0 atom stereocenters. The lowest BCUT2D eigenvalue weighted by atomic mass is 9.89. The molecule has 2 fully saturated rings. The quantitative estimate of drug-likeness (QED) is 0.844. The van der Waals surface area contributed by atoms with Gasteiger partial charge in [0.05, 0.1) is 7.11 Å². The number of nitrogens with one attached hydrogen (secondary N) is 1. The highest BCUT2D eigenvalue weighted by Crippen LogP contribution is 2.28. The zero-order valence-electron chi connectivity index (χ0n) is 17.2. The van der Waals surface area contributed by atoms with Crippen molar-refractivity contribution >= 4 is 11.7 Å². The second-order valence-electron chi connectivity index (χ2n) is 8.08. The molecule has 0 aromatic heterocycles. The van der Waals surface area contributed by atoms with Gasteiger partial charge >= 0.3 is 6.03 Å². The van der Waals surface area contributed by atoms with Crippen molar-refractivity contribution < 1.29 is 9.53 Å². The van der Waals surface area contributed by atoms with Gasteiger partial charge in [-0.2, -0.15) is 0 Å². The Morgan fingerprint density at radius 1 is 0.897 bits per heavy atom. The largest absolute Gasteiger partial charge is 0.497 e. The second kappa shape index (κ2) is 9.21. The Morgan fingerprint density at radius 3 is 2.17 bits per heavy atom. The zero-order chi connectivity index (χ0) is 20.1. The van der Waals surface area contributed by atoms with Crippen LogP contribution in [0.25, 0.3) is 0 Å². The molecule has 0 aliphatic carbocycles. The van der Waals surface area contributed by atoms with E-state index in [1.165, 1.54) is 11.3 Å². The Balaban J connectivity index is 1.22. The SMILES string of the molecule is COc1ccc(N2CCC(NC(=O)N3CCC(c4ccccc4)CC3)CC2)cc1. The van der Waals surface area contributed by atoms with Gasteiger partial charge in [-0.3, -0.25) is 0 Å². The summed E-state index contributed by atoms with van der Waals surface area (Å²) in [6.45, 7) is 3.62. The van der Waals surface area contributed by atoms with Crippen molar-refractivity contribution in [1.29, 1.82) is 0 Å². The van der Waals surface area contributed by atoms with Gasteiger partial charge < -0.3 is 19.9 Å². The van der Waals surface area contributed by atoms with Gasteiger partial charge in [0.25, 0.3) is 0 Å². The number of hydrogen-bond donors (Lipinski definition) is 1. The van der Waals surface area contributed by atoms with Gasteiger partial charge in [0.2, 0.25) is 0 Å². The summed E-state index contributed by atoms with van der Waals surface area (Å²) in [4.78, 5) is 17.1. The molecule has 154 valence electrons. The number of nitrogens with zero attached hydrogens (tertiary/aromatic N) is 2. The normalized spacial score (nSPS) is 18.5. The van der Waals surface area contributed by atoms with E-state index in [1.807, 2.05) is 17.0 Å². The highest BCUT2D eigenvalue weighted by Gasteiger charge is 2.26. The molecule has 2 heterocycles. The standard InChI is InChI=1S/C24H31N3O2/c1-29-23-9-7-22(8-10-23)26-17-13-21(14-18-26)25-24(28)27-15-11-20(12-16-27)19-5-3-2-4-6-19/h2-10,20-21H,11-18H2,1H3,(H,25,28). The summed E-state index contributed by atoms with van der Waals surface area (Å²) < 4.78 is 5.24. The van der Waals surface area contributed by atoms with Crippen LogP contribution in [0.1, 0.15) is 37.2 Å². The van der Waals surface area contributed by atoms with Crippen LogP contribution in [0, 0.1) is 0 Å². The summed E-state index contributed by atoms with van der Waals surface area (Å²) in [5.74, 6) is 1.46. The number of likely N-dealkylation sites (tertiary alicyclic amines) is 1. The molecule has 0 bridgehead atoms. The van der Waals surface area contributed by atoms with Crippen molar-refractivity contribution in [1.82, 2.24) is 10.2 Å². The summed E-state index contributed by atoms with van der Waals surface area (Å²) in [5.41, 5.74) is 2.62. The Hall–Kier alpha value is -2.69. The van der Waals surface area contributed by atoms with Gasteiger partial charge in [0.1, 0.15) is 5.75 Å². The van der Waals surface area contributed by atoms with Crippen molar-refractivity contribution in [3.05, 3.63) is 60.2 Å². The van der Waals surface area contributed by atoms with E-state index in [2.05, 4.69) is 52.7 Å². The van der Waals surface area contributed by atoms with Crippen molar-refractivity contribution in [3.63, 3.8) is 0 Å². The lowest BCUT2D eigenvalue weighted by Gasteiger charge is -2.37. The minimum Gasteiger partial charge on any atom is -0.497 e.